The fourth-order valence-corrected chi connectivity index (χ4v) is 3.05. The lowest BCUT2D eigenvalue weighted by molar-refractivity contribution is 0.788. The van der Waals surface area contributed by atoms with E-state index in [0.29, 0.717) is 27.3 Å². The van der Waals surface area contributed by atoms with Crippen LogP contribution in [0.25, 0.3) is 16.7 Å². The predicted molar refractivity (Wildman–Crippen MR) is 108 cm³/mol. The van der Waals surface area contributed by atoms with Crippen molar-refractivity contribution in [1.29, 1.82) is 0 Å². The number of anilines is 3. The Morgan fingerprint density at radius 1 is 1.00 bits per heavy atom. The zero-order valence-corrected chi connectivity index (χ0v) is 15.7. The molecular weight excluding hydrogens is 387 g/mol. The Hall–Kier alpha value is -3.03. The second kappa shape index (κ2) is 6.61. The molecule has 2 aromatic heterocycles. The van der Waals surface area contributed by atoms with Crippen molar-refractivity contribution >= 4 is 51.7 Å². The fourth-order valence-electron chi connectivity index (χ4n) is 2.80. The zero-order chi connectivity index (χ0) is 19.1. The van der Waals surface area contributed by atoms with Crippen LogP contribution in [0.4, 0.5) is 17.5 Å². The predicted octanol–water partition coefficient (Wildman–Crippen LogP) is 3.75. The van der Waals surface area contributed by atoms with Gasteiger partial charge in [-0.05, 0) is 48.5 Å². The number of nitrogens with one attached hydrogen (secondary N) is 1. The molecule has 0 fully saturated rings. The number of aromatic nitrogens is 4. The van der Waals surface area contributed by atoms with Crippen LogP contribution in [0.5, 0.6) is 0 Å². The molecule has 2 heterocycles. The average molecular weight is 401 g/mol. The highest BCUT2D eigenvalue weighted by atomic mass is 35.5. The number of nitrogen functional groups attached to an aromatic ring is 1. The first-order chi connectivity index (χ1) is 12.9. The maximum Gasteiger partial charge on any atom is 0.272 e. The number of nitrogens with two attached hydrogens (primary N) is 1. The lowest BCUT2D eigenvalue weighted by Crippen LogP contribution is -2.23. The van der Waals surface area contributed by atoms with Crippen LogP contribution in [0.1, 0.15) is 0 Å². The summed E-state index contributed by atoms with van der Waals surface area (Å²) in [5, 5.41) is 8.70. The molecule has 0 atom stereocenters. The van der Waals surface area contributed by atoms with Crippen molar-refractivity contribution in [3.8, 4) is 5.69 Å². The van der Waals surface area contributed by atoms with E-state index in [-0.39, 0.29) is 16.8 Å². The highest BCUT2D eigenvalue weighted by molar-refractivity contribution is 6.30. The van der Waals surface area contributed by atoms with Gasteiger partial charge in [0.2, 0.25) is 5.95 Å². The minimum absolute atomic E-state index is 0.130. The largest absolute Gasteiger partial charge is 0.381 e. The highest BCUT2D eigenvalue weighted by Crippen LogP contribution is 2.23. The first kappa shape index (κ1) is 17.4. The summed E-state index contributed by atoms with van der Waals surface area (Å²) in [7, 11) is 1.68. The smallest absolute Gasteiger partial charge is 0.272 e. The van der Waals surface area contributed by atoms with E-state index < -0.39 is 0 Å². The molecule has 27 heavy (non-hydrogen) atoms. The van der Waals surface area contributed by atoms with Crippen molar-refractivity contribution in [3.05, 3.63) is 68.9 Å². The molecule has 0 spiro atoms. The van der Waals surface area contributed by atoms with Crippen LogP contribution in [-0.4, -0.2) is 19.3 Å². The normalized spacial score (nSPS) is 11.1. The second-order valence-corrected chi connectivity index (χ2v) is 6.76. The number of aryl methyl sites for hydroxylation is 1. The summed E-state index contributed by atoms with van der Waals surface area (Å²) >= 11 is 11.9. The number of hydrogen-bond donors (Lipinski definition) is 2. The third kappa shape index (κ3) is 3.11. The van der Waals surface area contributed by atoms with E-state index in [9.17, 15) is 4.79 Å². The Morgan fingerprint density at radius 3 is 2.22 bits per heavy atom. The van der Waals surface area contributed by atoms with E-state index in [2.05, 4.69) is 15.4 Å². The number of halogens is 2. The number of hydrogen-bond acceptors (Lipinski definition) is 5. The van der Waals surface area contributed by atoms with Crippen LogP contribution in [0.3, 0.4) is 0 Å². The summed E-state index contributed by atoms with van der Waals surface area (Å²) in [5.74, 6) is 0.450. The van der Waals surface area contributed by atoms with Gasteiger partial charge in [0.25, 0.3) is 5.56 Å². The molecule has 0 bridgehead atoms. The van der Waals surface area contributed by atoms with Gasteiger partial charge in [0.05, 0.1) is 5.69 Å². The quantitative estimate of drug-likeness (QED) is 0.546. The molecule has 0 radical (unpaired) electrons. The molecule has 7 nitrogen and oxygen atoms in total. The van der Waals surface area contributed by atoms with Crippen LogP contribution >= 0.6 is 23.2 Å². The number of fused-ring (bicyclic) bond motifs is 1. The molecule has 9 heteroatoms. The van der Waals surface area contributed by atoms with Crippen LogP contribution in [-0.2, 0) is 7.05 Å². The molecule has 0 saturated heterocycles. The standard InChI is InChI=1S/C18H14Cl2N6O/c1-25-16-14(15(21)24-25)17(27)26(13-8-4-11(20)5-9-13)18(23-16)22-12-6-2-10(19)3-7-12/h2-9H,1H3,(H2,21,24)(H,22,23). The molecule has 136 valence electrons. The molecule has 4 rings (SSSR count). The molecule has 0 amide bonds. The lowest BCUT2D eigenvalue weighted by Gasteiger charge is -2.14. The molecule has 0 aliphatic carbocycles. The molecule has 0 saturated carbocycles. The van der Waals surface area contributed by atoms with E-state index in [4.69, 9.17) is 28.9 Å². The Balaban J connectivity index is 1.98. The van der Waals surface area contributed by atoms with Gasteiger partial charge in [0.15, 0.2) is 11.5 Å². The molecule has 4 aromatic rings. The van der Waals surface area contributed by atoms with Gasteiger partial charge >= 0.3 is 0 Å². The Labute approximate surface area is 164 Å². The van der Waals surface area contributed by atoms with Crippen molar-refractivity contribution in [2.24, 2.45) is 7.05 Å². The minimum atomic E-state index is -0.329. The van der Waals surface area contributed by atoms with Gasteiger partial charge in [-0.1, -0.05) is 23.2 Å². The molecule has 2 aromatic carbocycles. The number of rotatable bonds is 3. The van der Waals surface area contributed by atoms with Gasteiger partial charge in [0.1, 0.15) is 5.39 Å². The maximum atomic E-state index is 13.2. The third-order valence-electron chi connectivity index (χ3n) is 4.07. The Bertz CT molecular complexity index is 1200. The molecule has 3 N–H and O–H groups in total. The average Bonchev–Trinajstić information content (AvgIpc) is 2.92. The Kier molecular flexibility index (Phi) is 4.25. The second-order valence-electron chi connectivity index (χ2n) is 5.89. The van der Waals surface area contributed by atoms with Crippen molar-refractivity contribution < 1.29 is 0 Å². The van der Waals surface area contributed by atoms with Gasteiger partial charge in [-0.15, -0.1) is 0 Å². The van der Waals surface area contributed by atoms with Crippen molar-refractivity contribution in [1.82, 2.24) is 19.3 Å². The summed E-state index contributed by atoms with van der Waals surface area (Å²) in [6.45, 7) is 0. The first-order valence-electron chi connectivity index (χ1n) is 7.98. The highest BCUT2D eigenvalue weighted by Gasteiger charge is 2.19. The minimum Gasteiger partial charge on any atom is -0.381 e. The Morgan fingerprint density at radius 2 is 1.59 bits per heavy atom. The number of benzene rings is 2. The van der Waals surface area contributed by atoms with E-state index in [1.165, 1.54) is 9.25 Å². The van der Waals surface area contributed by atoms with E-state index in [0.717, 1.165) is 5.69 Å². The zero-order valence-electron chi connectivity index (χ0n) is 14.1. The topological polar surface area (TPSA) is 90.8 Å². The molecule has 0 aliphatic rings. The SMILES string of the molecule is Cn1nc(N)c2c(=O)n(-c3ccc(Cl)cc3)c(Nc3ccc(Cl)cc3)nc21. The van der Waals surface area contributed by atoms with Gasteiger partial charge < -0.3 is 11.1 Å². The monoisotopic (exact) mass is 400 g/mol. The van der Waals surface area contributed by atoms with Crippen molar-refractivity contribution in [3.63, 3.8) is 0 Å². The summed E-state index contributed by atoms with van der Waals surface area (Å²) in [6.07, 6.45) is 0. The van der Waals surface area contributed by atoms with Crippen LogP contribution < -0.4 is 16.6 Å². The summed E-state index contributed by atoms with van der Waals surface area (Å²) in [4.78, 5) is 17.8. The van der Waals surface area contributed by atoms with Gasteiger partial charge in [-0.3, -0.25) is 4.79 Å². The van der Waals surface area contributed by atoms with Crippen LogP contribution in [0.15, 0.2) is 53.3 Å². The van der Waals surface area contributed by atoms with Gasteiger partial charge in [-0.2, -0.15) is 10.1 Å². The summed E-state index contributed by atoms with van der Waals surface area (Å²) in [5.41, 5.74) is 7.31. The van der Waals surface area contributed by atoms with E-state index >= 15 is 0 Å². The lowest BCUT2D eigenvalue weighted by atomic mass is 10.3. The summed E-state index contributed by atoms with van der Waals surface area (Å²) in [6, 6.07) is 13.9. The molecule has 0 unspecified atom stereocenters. The third-order valence-corrected chi connectivity index (χ3v) is 4.57. The van der Waals surface area contributed by atoms with Crippen LogP contribution in [0, 0.1) is 0 Å². The van der Waals surface area contributed by atoms with Crippen molar-refractivity contribution in [2.75, 3.05) is 11.1 Å². The first-order valence-corrected chi connectivity index (χ1v) is 8.73. The maximum absolute atomic E-state index is 13.2. The number of nitrogens with zero attached hydrogens (tertiary/aromatic N) is 4. The van der Waals surface area contributed by atoms with Gasteiger partial charge in [0, 0.05) is 22.8 Å². The summed E-state index contributed by atoms with van der Waals surface area (Å²) < 4.78 is 2.91. The van der Waals surface area contributed by atoms with E-state index in [1.54, 1.807) is 55.6 Å². The van der Waals surface area contributed by atoms with E-state index in [1.807, 2.05) is 0 Å². The van der Waals surface area contributed by atoms with Crippen molar-refractivity contribution in [2.45, 2.75) is 0 Å². The van der Waals surface area contributed by atoms with Gasteiger partial charge in [-0.25, -0.2) is 9.25 Å². The van der Waals surface area contributed by atoms with Crippen LogP contribution in [0.2, 0.25) is 10.0 Å². The molecule has 0 aliphatic heterocycles. The molecular formula is C18H14Cl2N6O. The fraction of sp³-hybridized carbons (Fsp3) is 0.0556.